The van der Waals surface area contributed by atoms with Gasteiger partial charge in [0.05, 0.1) is 11.5 Å². The van der Waals surface area contributed by atoms with Gasteiger partial charge in [0, 0.05) is 6.54 Å². The third kappa shape index (κ3) is 3.29. The molecule has 116 valence electrons. The van der Waals surface area contributed by atoms with Gasteiger partial charge in [-0.3, -0.25) is 4.79 Å². The van der Waals surface area contributed by atoms with E-state index in [0.717, 1.165) is 25.7 Å². The highest BCUT2D eigenvalue weighted by Crippen LogP contribution is 2.40. The van der Waals surface area contributed by atoms with E-state index < -0.39 is 0 Å². The van der Waals surface area contributed by atoms with Gasteiger partial charge >= 0.3 is 0 Å². The summed E-state index contributed by atoms with van der Waals surface area (Å²) in [6, 6.07) is 8.64. The first-order valence-electron chi connectivity index (χ1n) is 8.12. The third-order valence-electron chi connectivity index (χ3n) is 4.88. The minimum atomic E-state index is -0.309. The molecule has 0 aromatic heterocycles. The normalized spacial score (nSPS) is 18.1. The van der Waals surface area contributed by atoms with Gasteiger partial charge in [-0.15, -0.1) is 0 Å². The van der Waals surface area contributed by atoms with Crippen molar-refractivity contribution in [3.8, 4) is 0 Å². The number of rotatable bonds is 6. The Morgan fingerprint density at radius 2 is 1.90 bits per heavy atom. The monoisotopic (exact) mass is 288 g/mol. The van der Waals surface area contributed by atoms with E-state index in [4.69, 9.17) is 5.73 Å². The van der Waals surface area contributed by atoms with Gasteiger partial charge in [-0.1, -0.05) is 51.5 Å². The Hall–Kier alpha value is -1.35. The molecular formula is C18H28N2O. The molecule has 0 heterocycles. The van der Waals surface area contributed by atoms with Crippen LogP contribution in [0.15, 0.2) is 24.3 Å². The van der Waals surface area contributed by atoms with Gasteiger partial charge < -0.3 is 11.1 Å². The number of carbonyl (C=O) groups excluding carboxylic acids is 1. The van der Waals surface area contributed by atoms with E-state index in [9.17, 15) is 4.79 Å². The summed E-state index contributed by atoms with van der Waals surface area (Å²) >= 11 is 0. The van der Waals surface area contributed by atoms with Gasteiger partial charge in [0.1, 0.15) is 0 Å². The van der Waals surface area contributed by atoms with Crippen LogP contribution in [-0.4, -0.2) is 12.5 Å². The van der Waals surface area contributed by atoms with Gasteiger partial charge in [-0.25, -0.2) is 0 Å². The average Bonchev–Trinajstić information content (AvgIpc) is 2.44. The van der Waals surface area contributed by atoms with E-state index in [1.165, 1.54) is 11.1 Å². The lowest BCUT2D eigenvalue weighted by Crippen LogP contribution is -2.51. The molecule has 3 nitrogen and oxygen atoms in total. The van der Waals surface area contributed by atoms with E-state index in [2.05, 4.69) is 50.4 Å². The molecule has 3 heteroatoms. The summed E-state index contributed by atoms with van der Waals surface area (Å²) in [6.07, 6.45) is 4.00. The molecular weight excluding hydrogens is 260 g/mol. The largest absolute Gasteiger partial charge is 0.349 e. The molecule has 1 aliphatic carbocycles. The Kier molecular flexibility index (Phi) is 5.04. The standard InChI is InChI=1S/C18H28N2O/c1-4-14-6-8-15(9-7-14)16(13(2)3)20-17(21)18(12-19)10-5-11-18/h6-9,13,16H,4-5,10-12,19H2,1-3H3,(H,20,21). The molecule has 21 heavy (non-hydrogen) atoms. The van der Waals surface area contributed by atoms with Crippen molar-refractivity contribution in [2.24, 2.45) is 17.1 Å². The van der Waals surface area contributed by atoms with Crippen LogP contribution < -0.4 is 11.1 Å². The number of benzene rings is 1. The Labute approximate surface area is 128 Å². The van der Waals surface area contributed by atoms with E-state index in [-0.39, 0.29) is 17.4 Å². The molecule has 0 spiro atoms. The second-order valence-corrected chi connectivity index (χ2v) is 6.63. The third-order valence-corrected chi connectivity index (χ3v) is 4.88. The molecule has 1 unspecified atom stereocenters. The first-order valence-corrected chi connectivity index (χ1v) is 8.12. The van der Waals surface area contributed by atoms with Crippen LogP contribution in [0.1, 0.15) is 57.2 Å². The second kappa shape index (κ2) is 6.61. The Morgan fingerprint density at radius 3 is 2.29 bits per heavy atom. The number of amides is 1. The SMILES string of the molecule is CCc1ccc(C(NC(=O)C2(CN)CCC2)C(C)C)cc1. The highest BCUT2D eigenvalue weighted by Gasteiger charge is 2.43. The zero-order valence-corrected chi connectivity index (χ0v) is 13.5. The predicted molar refractivity (Wildman–Crippen MR) is 86.9 cm³/mol. The number of hydrogen-bond acceptors (Lipinski definition) is 2. The van der Waals surface area contributed by atoms with Crippen LogP contribution in [0.5, 0.6) is 0 Å². The number of aryl methyl sites for hydroxylation is 1. The van der Waals surface area contributed by atoms with Gasteiger partial charge in [-0.2, -0.15) is 0 Å². The molecule has 0 radical (unpaired) electrons. The molecule has 1 aromatic carbocycles. The molecule has 1 fully saturated rings. The van der Waals surface area contributed by atoms with Crippen molar-refractivity contribution in [1.82, 2.24) is 5.32 Å². The topological polar surface area (TPSA) is 55.1 Å². The number of nitrogens with one attached hydrogen (secondary N) is 1. The van der Waals surface area contributed by atoms with Crippen molar-refractivity contribution >= 4 is 5.91 Å². The van der Waals surface area contributed by atoms with Gasteiger partial charge in [0.2, 0.25) is 5.91 Å². The Morgan fingerprint density at radius 1 is 1.29 bits per heavy atom. The lowest BCUT2D eigenvalue weighted by atomic mass is 9.68. The number of carbonyl (C=O) groups is 1. The maximum absolute atomic E-state index is 12.6. The van der Waals surface area contributed by atoms with Crippen molar-refractivity contribution in [2.45, 2.75) is 52.5 Å². The lowest BCUT2D eigenvalue weighted by molar-refractivity contribution is -0.136. The van der Waals surface area contributed by atoms with E-state index in [1.54, 1.807) is 0 Å². The van der Waals surface area contributed by atoms with Crippen molar-refractivity contribution in [3.63, 3.8) is 0 Å². The van der Waals surface area contributed by atoms with E-state index in [1.807, 2.05) is 0 Å². The molecule has 1 atom stereocenters. The highest BCUT2D eigenvalue weighted by molar-refractivity contribution is 5.84. The molecule has 1 saturated carbocycles. The van der Waals surface area contributed by atoms with E-state index in [0.29, 0.717) is 12.5 Å². The quantitative estimate of drug-likeness (QED) is 0.844. The fourth-order valence-electron chi connectivity index (χ4n) is 3.02. The Balaban J connectivity index is 2.13. The summed E-state index contributed by atoms with van der Waals surface area (Å²) in [5, 5.41) is 3.24. The molecule has 1 aliphatic rings. The lowest BCUT2D eigenvalue weighted by Gasteiger charge is -2.40. The molecule has 3 N–H and O–H groups in total. The smallest absolute Gasteiger partial charge is 0.227 e. The summed E-state index contributed by atoms with van der Waals surface area (Å²) in [5.74, 6) is 0.492. The molecule has 0 aliphatic heterocycles. The molecule has 2 rings (SSSR count). The second-order valence-electron chi connectivity index (χ2n) is 6.63. The van der Waals surface area contributed by atoms with Crippen LogP contribution in [0, 0.1) is 11.3 Å². The first-order chi connectivity index (χ1) is 10.0. The number of nitrogens with two attached hydrogens (primary N) is 1. The summed E-state index contributed by atoms with van der Waals surface area (Å²) in [7, 11) is 0. The maximum atomic E-state index is 12.6. The Bertz CT molecular complexity index is 469. The van der Waals surface area contributed by atoms with Crippen LogP contribution in [0.25, 0.3) is 0 Å². The van der Waals surface area contributed by atoms with Crippen LogP contribution in [0.2, 0.25) is 0 Å². The van der Waals surface area contributed by atoms with Crippen LogP contribution in [-0.2, 0) is 11.2 Å². The first kappa shape index (κ1) is 16.0. The highest BCUT2D eigenvalue weighted by atomic mass is 16.2. The summed E-state index contributed by atoms with van der Waals surface area (Å²) in [4.78, 5) is 12.6. The van der Waals surface area contributed by atoms with Gasteiger partial charge in [0.25, 0.3) is 0 Å². The maximum Gasteiger partial charge on any atom is 0.227 e. The van der Waals surface area contributed by atoms with E-state index >= 15 is 0 Å². The zero-order valence-electron chi connectivity index (χ0n) is 13.5. The minimum Gasteiger partial charge on any atom is -0.349 e. The van der Waals surface area contributed by atoms with Gasteiger partial charge in [-0.05, 0) is 36.3 Å². The van der Waals surface area contributed by atoms with Crippen LogP contribution >= 0.6 is 0 Å². The number of hydrogen-bond donors (Lipinski definition) is 2. The van der Waals surface area contributed by atoms with Crippen molar-refractivity contribution in [2.75, 3.05) is 6.54 Å². The molecule has 1 aromatic rings. The molecule has 0 bridgehead atoms. The summed E-state index contributed by atoms with van der Waals surface area (Å²) < 4.78 is 0. The van der Waals surface area contributed by atoms with Crippen molar-refractivity contribution in [1.29, 1.82) is 0 Å². The minimum absolute atomic E-state index is 0.0624. The molecule has 1 amide bonds. The summed E-state index contributed by atoms with van der Waals surface area (Å²) in [6.45, 7) is 6.90. The average molecular weight is 288 g/mol. The van der Waals surface area contributed by atoms with Crippen molar-refractivity contribution in [3.05, 3.63) is 35.4 Å². The summed E-state index contributed by atoms with van der Waals surface area (Å²) in [5.41, 5.74) is 8.03. The van der Waals surface area contributed by atoms with Crippen LogP contribution in [0.3, 0.4) is 0 Å². The fraction of sp³-hybridized carbons (Fsp3) is 0.611. The van der Waals surface area contributed by atoms with Crippen molar-refractivity contribution < 1.29 is 4.79 Å². The van der Waals surface area contributed by atoms with Gasteiger partial charge in [0.15, 0.2) is 0 Å². The molecule has 0 saturated heterocycles. The van der Waals surface area contributed by atoms with Crippen LogP contribution in [0.4, 0.5) is 0 Å². The predicted octanol–water partition coefficient (Wildman–Crippen LogP) is 3.19. The zero-order chi connectivity index (χ0) is 15.5. The fourth-order valence-corrected chi connectivity index (χ4v) is 3.02.